The van der Waals surface area contributed by atoms with Gasteiger partial charge < -0.3 is 9.64 Å². The molecular weight excluding hydrogens is 258 g/mol. The monoisotopic (exact) mass is 275 g/mol. The molecule has 0 saturated carbocycles. The molecule has 0 amide bonds. The Hall–Kier alpha value is -1.65. The summed E-state index contributed by atoms with van der Waals surface area (Å²) in [5.41, 5.74) is 1.11. The molecule has 0 N–H and O–H groups in total. The van der Waals surface area contributed by atoms with E-state index in [1.165, 1.54) is 11.3 Å². The van der Waals surface area contributed by atoms with E-state index in [1.54, 1.807) is 7.11 Å². The van der Waals surface area contributed by atoms with Gasteiger partial charge in [0.25, 0.3) is 0 Å². The van der Waals surface area contributed by atoms with Gasteiger partial charge in [0.1, 0.15) is 5.75 Å². The van der Waals surface area contributed by atoms with Gasteiger partial charge in [-0.05, 0) is 56.1 Å². The van der Waals surface area contributed by atoms with Crippen LogP contribution in [0, 0.1) is 0 Å². The van der Waals surface area contributed by atoms with E-state index in [-0.39, 0.29) is 5.78 Å². The van der Waals surface area contributed by atoms with Crippen molar-refractivity contribution in [2.24, 2.45) is 0 Å². The highest BCUT2D eigenvalue weighted by Gasteiger charge is 2.11. The van der Waals surface area contributed by atoms with Crippen molar-refractivity contribution in [2.45, 2.75) is 0 Å². The molecule has 0 aliphatic heterocycles. The van der Waals surface area contributed by atoms with E-state index in [2.05, 4.69) is 0 Å². The highest BCUT2D eigenvalue weighted by atomic mass is 32.1. The first-order valence-electron chi connectivity index (χ1n) is 6.02. The number of Topliss-reactive ketones (excluding diaryl/α,β-unsaturated/α-hetero) is 1. The minimum Gasteiger partial charge on any atom is -0.497 e. The molecular formula is C15H17NO2S. The molecule has 1 heterocycles. The fraction of sp³-hybridized carbons (Fsp3) is 0.267. The van der Waals surface area contributed by atoms with Crippen molar-refractivity contribution < 1.29 is 9.53 Å². The Labute approximate surface area is 117 Å². The van der Waals surface area contributed by atoms with Crippen LogP contribution in [0.1, 0.15) is 9.67 Å². The quantitative estimate of drug-likeness (QED) is 0.785. The predicted octanol–water partition coefficient (Wildman–Crippen LogP) is 3.17. The number of nitrogens with zero attached hydrogens (tertiary/aromatic N) is 1. The van der Waals surface area contributed by atoms with E-state index in [9.17, 15) is 4.79 Å². The number of ketones is 1. The molecule has 2 rings (SSSR count). The molecule has 4 heteroatoms. The molecule has 0 aliphatic carbocycles. The summed E-state index contributed by atoms with van der Waals surface area (Å²) in [6.07, 6.45) is 0. The van der Waals surface area contributed by atoms with Gasteiger partial charge in [-0.2, -0.15) is 0 Å². The zero-order valence-electron chi connectivity index (χ0n) is 11.3. The van der Waals surface area contributed by atoms with Gasteiger partial charge in [-0.25, -0.2) is 0 Å². The molecule has 0 bridgehead atoms. The zero-order valence-corrected chi connectivity index (χ0v) is 12.2. The van der Waals surface area contributed by atoms with Crippen molar-refractivity contribution in [2.75, 3.05) is 27.7 Å². The molecule has 0 spiro atoms. The number of ether oxygens (including phenoxy) is 1. The van der Waals surface area contributed by atoms with Crippen LogP contribution in [0.4, 0.5) is 0 Å². The first-order valence-corrected chi connectivity index (χ1v) is 6.84. The fourth-order valence-corrected chi connectivity index (χ4v) is 2.70. The van der Waals surface area contributed by atoms with E-state index >= 15 is 0 Å². The number of thiophene rings is 1. The number of hydrogen-bond donors (Lipinski definition) is 0. The minimum atomic E-state index is 0.162. The molecule has 0 unspecified atom stereocenters. The molecule has 1 aromatic heterocycles. The molecule has 0 radical (unpaired) electrons. The average Bonchev–Trinajstić information content (AvgIpc) is 2.88. The van der Waals surface area contributed by atoms with Crippen molar-refractivity contribution in [3.05, 3.63) is 41.3 Å². The van der Waals surface area contributed by atoms with Gasteiger partial charge in [-0.15, -0.1) is 11.3 Å². The summed E-state index contributed by atoms with van der Waals surface area (Å²) in [7, 11) is 5.45. The normalized spacial score (nSPS) is 10.7. The van der Waals surface area contributed by atoms with E-state index in [4.69, 9.17) is 4.74 Å². The first-order chi connectivity index (χ1) is 9.10. The summed E-state index contributed by atoms with van der Waals surface area (Å²) in [5, 5.41) is 0. The van der Waals surface area contributed by atoms with Crippen LogP contribution in [0.3, 0.4) is 0 Å². The molecule has 0 aliphatic rings. The van der Waals surface area contributed by atoms with Crippen LogP contribution in [0.2, 0.25) is 0 Å². The van der Waals surface area contributed by atoms with E-state index in [0.29, 0.717) is 6.54 Å². The maximum Gasteiger partial charge on any atom is 0.186 e. The number of carbonyl (C=O) groups excluding carboxylic acids is 1. The van der Waals surface area contributed by atoms with Crippen LogP contribution in [0.15, 0.2) is 36.4 Å². The summed E-state index contributed by atoms with van der Waals surface area (Å²) >= 11 is 1.53. The third kappa shape index (κ3) is 3.43. The second-order valence-electron chi connectivity index (χ2n) is 4.55. The van der Waals surface area contributed by atoms with Crippen molar-refractivity contribution >= 4 is 17.1 Å². The topological polar surface area (TPSA) is 29.5 Å². The molecule has 0 atom stereocenters. The smallest absolute Gasteiger partial charge is 0.186 e. The van der Waals surface area contributed by atoms with Crippen molar-refractivity contribution in [1.82, 2.24) is 4.90 Å². The number of methoxy groups -OCH3 is 1. The van der Waals surface area contributed by atoms with Crippen molar-refractivity contribution in [1.29, 1.82) is 0 Å². The summed E-state index contributed by atoms with van der Waals surface area (Å²) in [6, 6.07) is 11.8. The third-order valence-corrected chi connectivity index (χ3v) is 3.89. The van der Waals surface area contributed by atoms with Gasteiger partial charge >= 0.3 is 0 Å². The van der Waals surface area contributed by atoms with Crippen LogP contribution in [0.25, 0.3) is 10.4 Å². The highest BCUT2D eigenvalue weighted by Crippen LogP contribution is 2.29. The van der Waals surface area contributed by atoms with Crippen LogP contribution in [-0.4, -0.2) is 38.4 Å². The molecule has 100 valence electrons. The molecule has 2 aromatic rings. The van der Waals surface area contributed by atoms with Gasteiger partial charge in [-0.1, -0.05) is 0 Å². The highest BCUT2D eigenvalue weighted by molar-refractivity contribution is 7.17. The second kappa shape index (κ2) is 5.99. The summed E-state index contributed by atoms with van der Waals surface area (Å²) in [6.45, 7) is 0.447. The molecule has 0 fully saturated rings. The Kier molecular flexibility index (Phi) is 4.35. The number of rotatable bonds is 5. The molecule has 19 heavy (non-hydrogen) atoms. The van der Waals surface area contributed by atoms with E-state index in [1.807, 2.05) is 55.4 Å². The maximum absolute atomic E-state index is 11.9. The largest absolute Gasteiger partial charge is 0.497 e. The lowest BCUT2D eigenvalue weighted by Crippen LogP contribution is -2.20. The summed E-state index contributed by atoms with van der Waals surface area (Å²) in [4.78, 5) is 15.7. The van der Waals surface area contributed by atoms with Gasteiger partial charge in [-0.3, -0.25) is 4.79 Å². The Morgan fingerprint density at radius 1 is 1.16 bits per heavy atom. The SMILES string of the molecule is COc1ccc(-c2ccc(C(=O)CN(C)C)s2)cc1. The van der Waals surface area contributed by atoms with Crippen LogP contribution in [0.5, 0.6) is 5.75 Å². The van der Waals surface area contributed by atoms with Crippen molar-refractivity contribution in [3.8, 4) is 16.2 Å². The standard InChI is InChI=1S/C15H17NO2S/c1-16(2)10-13(17)15-9-8-14(19-15)11-4-6-12(18-3)7-5-11/h4-9H,10H2,1-3H3. The van der Waals surface area contributed by atoms with Crippen LogP contribution in [-0.2, 0) is 0 Å². The van der Waals surface area contributed by atoms with Gasteiger partial charge in [0.2, 0.25) is 0 Å². The number of benzene rings is 1. The fourth-order valence-electron chi connectivity index (χ4n) is 1.76. The number of carbonyl (C=O) groups is 1. The van der Waals surface area contributed by atoms with Gasteiger partial charge in [0.05, 0.1) is 18.5 Å². The Morgan fingerprint density at radius 2 is 1.84 bits per heavy atom. The van der Waals surface area contributed by atoms with Crippen LogP contribution >= 0.6 is 11.3 Å². The minimum absolute atomic E-state index is 0.162. The van der Waals surface area contributed by atoms with Crippen molar-refractivity contribution in [3.63, 3.8) is 0 Å². The lowest BCUT2D eigenvalue weighted by molar-refractivity contribution is 0.0962. The Morgan fingerprint density at radius 3 is 2.42 bits per heavy atom. The lowest BCUT2D eigenvalue weighted by Gasteiger charge is -2.06. The number of likely N-dealkylation sites (N-methyl/N-ethyl adjacent to an activating group) is 1. The maximum atomic E-state index is 11.9. The predicted molar refractivity (Wildman–Crippen MR) is 79.2 cm³/mol. The molecule has 0 saturated heterocycles. The summed E-state index contributed by atoms with van der Waals surface area (Å²) < 4.78 is 5.14. The van der Waals surface area contributed by atoms with Gasteiger partial charge in [0, 0.05) is 4.88 Å². The van der Waals surface area contributed by atoms with E-state index in [0.717, 1.165) is 21.1 Å². The molecule has 3 nitrogen and oxygen atoms in total. The average molecular weight is 275 g/mol. The van der Waals surface area contributed by atoms with Gasteiger partial charge in [0.15, 0.2) is 5.78 Å². The summed E-state index contributed by atoms with van der Waals surface area (Å²) in [5.74, 6) is 0.999. The molecule has 1 aromatic carbocycles. The second-order valence-corrected chi connectivity index (χ2v) is 5.64. The lowest BCUT2D eigenvalue weighted by atomic mass is 10.2. The number of hydrogen-bond acceptors (Lipinski definition) is 4. The Balaban J connectivity index is 2.18. The first kappa shape index (κ1) is 13.8. The zero-order chi connectivity index (χ0) is 13.8. The van der Waals surface area contributed by atoms with Crippen LogP contribution < -0.4 is 4.74 Å². The third-order valence-electron chi connectivity index (χ3n) is 2.72. The van der Waals surface area contributed by atoms with E-state index < -0.39 is 0 Å². The Bertz CT molecular complexity index is 558.